The fourth-order valence-corrected chi connectivity index (χ4v) is 3.56. The summed E-state index contributed by atoms with van der Waals surface area (Å²) in [5.74, 6) is 0.264. The number of halogens is 2. The molecule has 5 nitrogen and oxygen atoms in total. The molecule has 2 amide bonds. The Morgan fingerprint density at radius 3 is 2.31 bits per heavy atom. The van der Waals surface area contributed by atoms with E-state index in [0.717, 1.165) is 14.5 Å². The zero-order valence-corrected chi connectivity index (χ0v) is 18.4. The minimum atomic E-state index is -0.222. The van der Waals surface area contributed by atoms with E-state index in [1.54, 1.807) is 35.2 Å². The summed E-state index contributed by atoms with van der Waals surface area (Å²) in [5.41, 5.74) is 2.78. The van der Waals surface area contributed by atoms with Crippen LogP contribution in [0.1, 0.15) is 15.9 Å². The molecule has 1 aliphatic heterocycles. The van der Waals surface area contributed by atoms with Crippen molar-refractivity contribution in [2.75, 3.05) is 16.8 Å². The first-order valence-corrected chi connectivity index (χ1v) is 10.5. The van der Waals surface area contributed by atoms with Crippen molar-refractivity contribution in [1.82, 2.24) is 0 Å². The van der Waals surface area contributed by atoms with Gasteiger partial charge in [0.2, 0.25) is 0 Å². The minimum absolute atomic E-state index is 0.00583. The standard InChI is InChI=1S/C22H16Br2N2O3/c23-16-5-1-14(2-6-16)12-26-19-11-18(9-10-20(19)29-13-21(26)27)25-22(28)15-3-7-17(24)8-4-15/h1-11H,12-13H2,(H,25,28). The van der Waals surface area contributed by atoms with Gasteiger partial charge in [-0.2, -0.15) is 0 Å². The van der Waals surface area contributed by atoms with Crippen LogP contribution < -0.4 is 15.0 Å². The Bertz CT molecular complexity index is 1070. The maximum absolute atomic E-state index is 12.5. The lowest BCUT2D eigenvalue weighted by molar-refractivity contribution is -0.121. The number of carbonyl (C=O) groups is 2. The summed E-state index contributed by atoms with van der Waals surface area (Å²) in [6.07, 6.45) is 0. The lowest BCUT2D eigenvalue weighted by atomic mass is 10.1. The summed E-state index contributed by atoms with van der Waals surface area (Å²) in [5, 5.41) is 2.88. The van der Waals surface area contributed by atoms with E-state index in [9.17, 15) is 9.59 Å². The molecular formula is C22H16Br2N2O3. The van der Waals surface area contributed by atoms with Gasteiger partial charge in [0.05, 0.1) is 12.2 Å². The van der Waals surface area contributed by atoms with Crippen LogP contribution in [0.5, 0.6) is 5.75 Å². The van der Waals surface area contributed by atoms with E-state index in [2.05, 4.69) is 37.2 Å². The fourth-order valence-electron chi connectivity index (χ4n) is 3.03. The Balaban J connectivity index is 1.59. The highest BCUT2D eigenvalue weighted by atomic mass is 79.9. The van der Waals surface area contributed by atoms with E-state index in [1.165, 1.54) is 0 Å². The van der Waals surface area contributed by atoms with Crippen LogP contribution in [-0.2, 0) is 11.3 Å². The lowest BCUT2D eigenvalue weighted by Crippen LogP contribution is -2.38. The van der Waals surface area contributed by atoms with Crippen molar-refractivity contribution < 1.29 is 14.3 Å². The van der Waals surface area contributed by atoms with Gasteiger partial charge in [0, 0.05) is 20.2 Å². The Morgan fingerprint density at radius 2 is 1.62 bits per heavy atom. The average molecular weight is 516 g/mol. The van der Waals surface area contributed by atoms with Crippen LogP contribution in [0.3, 0.4) is 0 Å². The van der Waals surface area contributed by atoms with Gasteiger partial charge in [-0.1, -0.05) is 44.0 Å². The maximum Gasteiger partial charge on any atom is 0.265 e. The zero-order chi connectivity index (χ0) is 20.4. The number of nitrogens with zero attached hydrogens (tertiary/aromatic N) is 1. The van der Waals surface area contributed by atoms with E-state index in [1.807, 2.05) is 36.4 Å². The van der Waals surface area contributed by atoms with Gasteiger partial charge in [0.15, 0.2) is 6.61 Å². The lowest BCUT2D eigenvalue weighted by Gasteiger charge is -2.30. The first-order chi connectivity index (χ1) is 14.0. The third kappa shape index (κ3) is 4.52. The van der Waals surface area contributed by atoms with Gasteiger partial charge in [-0.25, -0.2) is 0 Å². The Hall–Kier alpha value is -2.64. The Kier molecular flexibility index (Phi) is 5.69. The molecule has 146 valence electrons. The van der Waals surface area contributed by atoms with Gasteiger partial charge < -0.3 is 15.0 Å². The second kappa shape index (κ2) is 8.39. The number of amides is 2. The van der Waals surface area contributed by atoms with Gasteiger partial charge in [-0.05, 0) is 60.2 Å². The molecule has 7 heteroatoms. The van der Waals surface area contributed by atoms with Crippen molar-refractivity contribution in [2.45, 2.75) is 6.54 Å². The Labute approximate surface area is 184 Å². The van der Waals surface area contributed by atoms with Gasteiger partial charge in [-0.3, -0.25) is 9.59 Å². The molecule has 1 heterocycles. The molecule has 3 aromatic carbocycles. The molecule has 0 radical (unpaired) electrons. The highest BCUT2D eigenvalue weighted by molar-refractivity contribution is 9.10. The Morgan fingerprint density at radius 1 is 0.966 bits per heavy atom. The smallest absolute Gasteiger partial charge is 0.265 e. The van der Waals surface area contributed by atoms with Crippen LogP contribution in [0.25, 0.3) is 0 Å². The molecule has 0 bridgehead atoms. The number of hydrogen-bond donors (Lipinski definition) is 1. The van der Waals surface area contributed by atoms with E-state index in [-0.39, 0.29) is 18.4 Å². The quantitative estimate of drug-likeness (QED) is 0.506. The van der Waals surface area contributed by atoms with Crippen molar-refractivity contribution in [3.63, 3.8) is 0 Å². The van der Waals surface area contributed by atoms with E-state index in [4.69, 9.17) is 4.74 Å². The molecule has 0 saturated carbocycles. The molecule has 0 unspecified atom stereocenters. The maximum atomic E-state index is 12.5. The predicted molar refractivity (Wildman–Crippen MR) is 119 cm³/mol. The highest BCUT2D eigenvalue weighted by Gasteiger charge is 2.26. The molecule has 0 fully saturated rings. The highest BCUT2D eigenvalue weighted by Crippen LogP contribution is 2.35. The van der Waals surface area contributed by atoms with Crippen LogP contribution in [0.2, 0.25) is 0 Å². The number of benzene rings is 3. The van der Waals surface area contributed by atoms with Gasteiger partial charge >= 0.3 is 0 Å². The molecule has 1 N–H and O–H groups in total. The number of fused-ring (bicyclic) bond motifs is 1. The van der Waals surface area contributed by atoms with Crippen molar-refractivity contribution in [2.24, 2.45) is 0 Å². The van der Waals surface area contributed by atoms with Crippen LogP contribution >= 0.6 is 31.9 Å². The normalized spacial score (nSPS) is 12.9. The van der Waals surface area contributed by atoms with Crippen LogP contribution in [0, 0.1) is 0 Å². The van der Waals surface area contributed by atoms with Crippen LogP contribution in [0.15, 0.2) is 75.7 Å². The van der Waals surface area contributed by atoms with Gasteiger partial charge in [0.1, 0.15) is 5.75 Å². The number of rotatable bonds is 4. The third-order valence-corrected chi connectivity index (χ3v) is 5.58. The largest absolute Gasteiger partial charge is 0.482 e. The molecule has 0 atom stereocenters. The molecule has 1 aliphatic rings. The second-order valence-corrected chi connectivity index (χ2v) is 8.37. The summed E-state index contributed by atoms with van der Waals surface area (Å²) in [6, 6.07) is 20.2. The molecule has 4 rings (SSSR count). The van der Waals surface area contributed by atoms with Crippen molar-refractivity contribution in [3.8, 4) is 5.75 Å². The number of hydrogen-bond acceptors (Lipinski definition) is 3. The molecule has 29 heavy (non-hydrogen) atoms. The van der Waals surface area contributed by atoms with E-state index in [0.29, 0.717) is 29.2 Å². The van der Waals surface area contributed by atoms with Crippen molar-refractivity contribution in [1.29, 1.82) is 0 Å². The number of anilines is 2. The van der Waals surface area contributed by atoms with Crippen molar-refractivity contribution >= 4 is 55.0 Å². The predicted octanol–water partition coefficient (Wildman–Crippen LogP) is 5.39. The monoisotopic (exact) mass is 514 g/mol. The first-order valence-electron chi connectivity index (χ1n) is 8.88. The molecule has 0 aliphatic carbocycles. The zero-order valence-electron chi connectivity index (χ0n) is 15.2. The minimum Gasteiger partial charge on any atom is -0.482 e. The molecular weight excluding hydrogens is 500 g/mol. The van der Waals surface area contributed by atoms with Crippen LogP contribution in [-0.4, -0.2) is 18.4 Å². The molecule has 0 aromatic heterocycles. The SMILES string of the molecule is O=C(Nc1ccc2c(c1)N(Cc1ccc(Br)cc1)C(=O)CO2)c1ccc(Br)cc1. The first kappa shape index (κ1) is 19.7. The van der Waals surface area contributed by atoms with Crippen molar-refractivity contribution in [3.05, 3.63) is 86.8 Å². The molecule has 0 saturated heterocycles. The second-order valence-electron chi connectivity index (χ2n) is 6.54. The van der Waals surface area contributed by atoms with E-state index >= 15 is 0 Å². The number of nitrogens with one attached hydrogen (secondary N) is 1. The average Bonchev–Trinajstić information content (AvgIpc) is 2.72. The topological polar surface area (TPSA) is 58.6 Å². The fraction of sp³-hybridized carbons (Fsp3) is 0.0909. The summed E-state index contributed by atoms with van der Waals surface area (Å²) in [6.45, 7) is 0.417. The van der Waals surface area contributed by atoms with E-state index < -0.39 is 0 Å². The molecule has 0 spiro atoms. The third-order valence-electron chi connectivity index (χ3n) is 4.52. The summed E-state index contributed by atoms with van der Waals surface area (Å²) in [7, 11) is 0. The summed E-state index contributed by atoms with van der Waals surface area (Å²) in [4.78, 5) is 26.7. The summed E-state index contributed by atoms with van der Waals surface area (Å²) >= 11 is 6.78. The van der Waals surface area contributed by atoms with Gasteiger partial charge in [-0.15, -0.1) is 0 Å². The number of carbonyl (C=O) groups excluding carboxylic acids is 2. The van der Waals surface area contributed by atoms with Crippen LogP contribution in [0.4, 0.5) is 11.4 Å². The molecule has 3 aromatic rings. The summed E-state index contributed by atoms with van der Waals surface area (Å²) < 4.78 is 7.45. The number of ether oxygens (including phenoxy) is 1. The van der Waals surface area contributed by atoms with Gasteiger partial charge in [0.25, 0.3) is 11.8 Å².